The Morgan fingerprint density at radius 3 is 1.96 bits per heavy atom. The molecule has 0 fully saturated rings. The molecule has 1 unspecified atom stereocenters. The highest BCUT2D eigenvalue weighted by Crippen LogP contribution is 2.43. The van der Waals surface area contributed by atoms with Crippen molar-refractivity contribution in [1.82, 2.24) is 5.09 Å². The summed E-state index contributed by atoms with van der Waals surface area (Å²) in [6, 6.07) is 0. The fourth-order valence-electron chi connectivity index (χ4n) is 2.51. The van der Waals surface area contributed by atoms with E-state index < -0.39 is 7.75 Å². The van der Waals surface area contributed by atoms with Crippen LogP contribution in [0.15, 0.2) is 0 Å². The highest BCUT2D eigenvalue weighted by molar-refractivity contribution is 9.09. The first-order chi connectivity index (χ1) is 11.7. The van der Waals surface area contributed by atoms with Crippen molar-refractivity contribution in [3.05, 3.63) is 0 Å². The molecule has 24 heavy (non-hydrogen) atoms. The summed E-state index contributed by atoms with van der Waals surface area (Å²) >= 11 is 3.42. The van der Waals surface area contributed by atoms with Crippen molar-refractivity contribution in [1.29, 1.82) is 0 Å². The average Bonchev–Trinajstić information content (AvgIpc) is 2.57. The van der Waals surface area contributed by atoms with Gasteiger partial charge in [0.1, 0.15) is 0 Å². The molecule has 0 heterocycles. The average molecular weight is 428 g/mol. The number of halogens is 1. The van der Waals surface area contributed by atoms with Crippen LogP contribution in [-0.4, -0.2) is 25.1 Å². The normalized spacial score (nSPS) is 14.0. The molecule has 0 saturated carbocycles. The van der Waals surface area contributed by atoms with Gasteiger partial charge in [-0.3, -0.25) is 9.05 Å². The molecule has 0 rings (SSSR count). The van der Waals surface area contributed by atoms with Gasteiger partial charge >= 0.3 is 7.75 Å². The van der Waals surface area contributed by atoms with E-state index in [2.05, 4.69) is 27.9 Å². The Morgan fingerprint density at radius 1 is 0.792 bits per heavy atom. The molecule has 0 spiro atoms. The molecule has 0 aromatic carbocycles. The lowest BCUT2D eigenvalue weighted by Gasteiger charge is -2.18. The molecule has 0 aromatic rings. The summed E-state index contributed by atoms with van der Waals surface area (Å²) in [4.78, 5) is 0. The topological polar surface area (TPSA) is 47.6 Å². The van der Waals surface area contributed by atoms with Gasteiger partial charge in [0, 0.05) is 11.9 Å². The van der Waals surface area contributed by atoms with Gasteiger partial charge in [-0.15, -0.1) is 0 Å². The summed E-state index contributed by atoms with van der Waals surface area (Å²) in [6.07, 6.45) is 14.6. The van der Waals surface area contributed by atoms with Crippen LogP contribution in [-0.2, 0) is 13.6 Å². The SMILES string of the molecule is CCCCCCCCCCCOP(=O)(NCCCCCBr)OCC. The van der Waals surface area contributed by atoms with Crippen LogP contribution in [0.25, 0.3) is 0 Å². The maximum Gasteiger partial charge on any atom is 0.405 e. The van der Waals surface area contributed by atoms with Crippen molar-refractivity contribution < 1.29 is 13.6 Å². The Balaban J connectivity index is 3.63. The van der Waals surface area contributed by atoms with Crippen LogP contribution in [0, 0.1) is 0 Å². The molecule has 4 nitrogen and oxygen atoms in total. The van der Waals surface area contributed by atoms with Crippen molar-refractivity contribution in [2.45, 2.75) is 90.9 Å². The predicted octanol–water partition coefficient (Wildman–Crippen LogP) is 6.83. The molecule has 0 aliphatic rings. The number of rotatable bonds is 19. The fourth-order valence-corrected chi connectivity index (χ4v) is 4.30. The molecule has 6 heteroatoms. The maximum absolute atomic E-state index is 12.5. The van der Waals surface area contributed by atoms with Gasteiger partial charge in [-0.2, -0.15) is 0 Å². The highest BCUT2D eigenvalue weighted by Gasteiger charge is 2.22. The van der Waals surface area contributed by atoms with E-state index in [0.717, 1.165) is 37.4 Å². The minimum atomic E-state index is -3.10. The Labute approximate surface area is 158 Å². The molecule has 1 N–H and O–H groups in total. The van der Waals surface area contributed by atoms with Crippen molar-refractivity contribution >= 4 is 23.7 Å². The molecule has 146 valence electrons. The minimum Gasteiger partial charge on any atom is -0.297 e. The molecule has 1 atom stereocenters. The molecule has 0 amide bonds. The smallest absolute Gasteiger partial charge is 0.297 e. The summed E-state index contributed by atoms with van der Waals surface area (Å²) in [6.45, 7) is 5.70. The Hall–Kier alpha value is 0.590. The van der Waals surface area contributed by atoms with Gasteiger partial charge in [-0.25, -0.2) is 9.65 Å². The first kappa shape index (κ1) is 24.6. The summed E-state index contributed by atoms with van der Waals surface area (Å²) in [5.41, 5.74) is 0. The number of alkyl halides is 1. The minimum absolute atomic E-state index is 0.406. The van der Waals surface area contributed by atoms with Crippen molar-refractivity contribution in [3.8, 4) is 0 Å². The largest absolute Gasteiger partial charge is 0.405 e. The standard InChI is InChI=1S/C18H39BrNO3P/c1-3-5-6-7-8-9-10-11-15-18-23-24(21,22-4-2)20-17-14-12-13-16-19/h3-18H2,1-2H3,(H,20,21). The zero-order valence-corrected chi connectivity index (χ0v) is 18.3. The van der Waals surface area contributed by atoms with Crippen LogP contribution in [0.5, 0.6) is 0 Å². The van der Waals surface area contributed by atoms with Crippen LogP contribution in [0.1, 0.15) is 90.9 Å². The summed E-state index contributed by atoms with van der Waals surface area (Å²) in [7, 11) is -3.10. The molecular weight excluding hydrogens is 389 g/mol. The summed E-state index contributed by atoms with van der Waals surface area (Å²) in [5, 5.41) is 4.00. The van der Waals surface area contributed by atoms with Crippen LogP contribution in [0.2, 0.25) is 0 Å². The van der Waals surface area contributed by atoms with Gasteiger partial charge in [-0.1, -0.05) is 80.6 Å². The molecule has 0 aromatic heterocycles. The van der Waals surface area contributed by atoms with Gasteiger partial charge in [0.2, 0.25) is 0 Å². The molecule has 0 saturated heterocycles. The van der Waals surface area contributed by atoms with Crippen molar-refractivity contribution in [2.75, 3.05) is 25.1 Å². The second kappa shape index (κ2) is 18.4. The lowest BCUT2D eigenvalue weighted by Crippen LogP contribution is -2.16. The molecule has 0 radical (unpaired) electrons. The van der Waals surface area contributed by atoms with E-state index in [1.807, 2.05) is 6.92 Å². The molecular formula is C18H39BrNO3P. The zero-order valence-electron chi connectivity index (χ0n) is 15.9. The predicted molar refractivity (Wildman–Crippen MR) is 108 cm³/mol. The fraction of sp³-hybridized carbons (Fsp3) is 1.00. The second-order valence-electron chi connectivity index (χ2n) is 6.23. The number of hydrogen-bond donors (Lipinski definition) is 1. The Kier molecular flexibility index (Phi) is 18.8. The van der Waals surface area contributed by atoms with Gasteiger partial charge in [0.05, 0.1) is 13.2 Å². The van der Waals surface area contributed by atoms with Gasteiger partial charge < -0.3 is 0 Å². The zero-order chi connectivity index (χ0) is 17.9. The first-order valence-corrected chi connectivity index (χ1v) is 12.5. The maximum atomic E-state index is 12.5. The Bertz CT molecular complexity index is 306. The van der Waals surface area contributed by atoms with E-state index >= 15 is 0 Å². The molecule has 0 aliphatic carbocycles. The lowest BCUT2D eigenvalue weighted by molar-refractivity contribution is 0.199. The van der Waals surface area contributed by atoms with E-state index in [1.54, 1.807) is 0 Å². The molecule has 0 bridgehead atoms. The Morgan fingerprint density at radius 2 is 1.38 bits per heavy atom. The first-order valence-electron chi connectivity index (χ1n) is 9.88. The van der Waals surface area contributed by atoms with Gasteiger partial charge in [0.25, 0.3) is 0 Å². The third kappa shape index (κ3) is 16.1. The van der Waals surface area contributed by atoms with Crippen LogP contribution < -0.4 is 5.09 Å². The van der Waals surface area contributed by atoms with E-state index in [-0.39, 0.29) is 0 Å². The third-order valence-electron chi connectivity index (χ3n) is 3.92. The highest BCUT2D eigenvalue weighted by atomic mass is 79.9. The van der Waals surface area contributed by atoms with Crippen molar-refractivity contribution in [3.63, 3.8) is 0 Å². The number of nitrogens with one attached hydrogen (secondary N) is 1. The quantitative estimate of drug-likeness (QED) is 0.139. The van der Waals surface area contributed by atoms with Crippen molar-refractivity contribution in [2.24, 2.45) is 0 Å². The van der Waals surface area contributed by atoms with Gasteiger partial charge in [-0.05, 0) is 26.2 Å². The third-order valence-corrected chi connectivity index (χ3v) is 6.22. The van der Waals surface area contributed by atoms with Crippen LogP contribution >= 0.6 is 23.7 Å². The van der Waals surface area contributed by atoms with Crippen LogP contribution in [0.4, 0.5) is 0 Å². The summed E-state index contributed by atoms with van der Waals surface area (Å²) < 4.78 is 23.4. The van der Waals surface area contributed by atoms with E-state index in [4.69, 9.17) is 9.05 Å². The summed E-state index contributed by atoms with van der Waals surface area (Å²) in [5.74, 6) is 0. The number of unbranched alkanes of at least 4 members (excludes halogenated alkanes) is 10. The monoisotopic (exact) mass is 427 g/mol. The second-order valence-corrected chi connectivity index (χ2v) is 8.86. The van der Waals surface area contributed by atoms with Gasteiger partial charge in [0.15, 0.2) is 0 Å². The van der Waals surface area contributed by atoms with E-state index in [1.165, 1.54) is 44.9 Å². The van der Waals surface area contributed by atoms with E-state index in [9.17, 15) is 4.57 Å². The number of hydrogen-bond acceptors (Lipinski definition) is 3. The lowest BCUT2D eigenvalue weighted by atomic mass is 10.1. The van der Waals surface area contributed by atoms with E-state index in [0.29, 0.717) is 19.8 Å². The van der Waals surface area contributed by atoms with Crippen LogP contribution in [0.3, 0.4) is 0 Å². The molecule has 0 aliphatic heterocycles.